The summed E-state index contributed by atoms with van der Waals surface area (Å²) in [4.78, 5) is 26.1. The van der Waals surface area contributed by atoms with E-state index in [2.05, 4.69) is 11.2 Å². The highest BCUT2D eigenvalue weighted by atomic mass is 16.6. The predicted octanol–water partition coefficient (Wildman–Crippen LogP) is 2.30. The van der Waals surface area contributed by atoms with Gasteiger partial charge in [-0.2, -0.15) is 0 Å². The molecular weight excluding hydrogens is 280 g/mol. The van der Waals surface area contributed by atoms with Crippen LogP contribution in [0.3, 0.4) is 0 Å². The molecule has 5 nitrogen and oxygen atoms in total. The Morgan fingerprint density at radius 3 is 2.64 bits per heavy atom. The Balaban J connectivity index is 2.01. The van der Waals surface area contributed by atoms with Gasteiger partial charge in [0.25, 0.3) is 0 Å². The Morgan fingerprint density at radius 1 is 1.36 bits per heavy atom. The molecule has 0 radical (unpaired) electrons. The number of carbonyl (C=O) groups is 2. The molecule has 1 saturated heterocycles. The number of alkyl carbamates (subject to hydrolysis) is 1. The number of terminal acetylenes is 1. The van der Waals surface area contributed by atoms with Crippen LogP contribution in [0.2, 0.25) is 0 Å². The molecule has 1 heterocycles. The first-order valence-corrected chi connectivity index (χ1v) is 8.05. The Labute approximate surface area is 132 Å². The van der Waals surface area contributed by atoms with Gasteiger partial charge in [0.15, 0.2) is 0 Å². The molecule has 3 unspecified atom stereocenters. The normalized spacial score (nSPS) is 29.1. The van der Waals surface area contributed by atoms with E-state index in [0.717, 1.165) is 25.7 Å². The second-order valence-corrected chi connectivity index (χ2v) is 7.22. The van der Waals surface area contributed by atoms with Crippen LogP contribution in [-0.2, 0) is 9.53 Å². The van der Waals surface area contributed by atoms with Gasteiger partial charge in [-0.15, -0.1) is 12.3 Å². The van der Waals surface area contributed by atoms with E-state index in [4.69, 9.17) is 11.2 Å². The van der Waals surface area contributed by atoms with Crippen molar-refractivity contribution in [2.75, 3.05) is 6.54 Å². The van der Waals surface area contributed by atoms with Crippen LogP contribution in [0.5, 0.6) is 0 Å². The summed E-state index contributed by atoms with van der Waals surface area (Å²) in [5.74, 6) is 2.78. The second kappa shape index (κ2) is 6.60. The van der Waals surface area contributed by atoms with Gasteiger partial charge >= 0.3 is 6.09 Å². The monoisotopic (exact) mass is 306 g/mol. The highest BCUT2D eigenvalue weighted by Gasteiger charge is 2.39. The van der Waals surface area contributed by atoms with Crippen molar-refractivity contribution in [2.45, 2.75) is 70.6 Å². The molecule has 1 saturated carbocycles. The molecule has 122 valence electrons. The lowest BCUT2D eigenvalue weighted by Gasteiger charge is -2.38. The fourth-order valence-corrected chi connectivity index (χ4v) is 3.28. The van der Waals surface area contributed by atoms with E-state index in [1.807, 2.05) is 25.7 Å². The molecule has 1 N–H and O–H groups in total. The van der Waals surface area contributed by atoms with Crippen LogP contribution in [0.25, 0.3) is 0 Å². The van der Waals surface area contributed by atoms with Crippen molar-refractivity contribution in [1.82, 2.24) is 10.2 Å². The van der Waals surface area contributed by atoms with Gasteiger partial charge in [0, 0.05) is 18.9 Å². The number of amides is 2. The zero-order chi connectivity index (χ0) is 16.3. The van der Waals surface area contributed by atoms with Gasteiger partial charge in [-0.05, 0) is 33.6 Å². The quantitative estimate of drug-likeness (QED) is 0.796. The molecule has 0 bridgehead atoms. The number of hydrogen-bond acceptors (Lipinski definition) is 3. The minimum absolute atomic E-state index is 0.00315. The van der Waals surface area contributed by atoms with Crippen LogP contribution >= 0.6 is 0 Å². The number of nitrogens with zero attached hydrogens (tertiary/aromatic N) is 1. The molecule has 22 heavy (non-hydrogen) atoms. The van der Waals surface area contributed by atoms with E-state index in [0.29, 0.717) is 13.0 Å². The summed E-state index contributed by atoms with van der Waals surface area (Å²) in [7, 11) is 0. The van der Waals surface area contributed by atoms with E-state index < -0.39 is 11.7 Å². The summed E-state index contributed by atoms with van der Waals surface area (Å²) < 4.78 is 5.33. The minimum atomic E-state index is -0.522. The van der Waals surface area contributed by atoms with E-state index in [1.165, 1.54) is 0 Å². The zero-order valence-electron chi connectivity index (χ0n) is 13.7. The minimum Gasteiger partial charge on any atom is -0.444 e. The summed E-state index contributed by atoms with van der Waals surface area (Å²) in [5.41, 5.74) is -0.522. The molecule has 2 amide bonds. The predicted molar refractivity (Wildman–Crippen MR) is 84.1 cm³/mol. The number of ether oxygens (including phenoxy) is 1. The van der Waals surface area contributed by atoms with Gasteiger partial charge in [0.2, 0.25) is 5.91 Å². The van der Waals surface area contributed by atoms with E-state index in [1.54, 1.807) is 0 Å². The maximum Gasteiger partial charge on any atom is 0.407 e. The van der Waals surface area contributed by atoms with Crippen molar-refractivity contribution >= 4 is 12.0 Å². The average Bonchev–Trinajstić information content (AvgIpc) is 2.78. The highest BCUT2D eigenvalue weighted by Crippen LogP contribution is 2.29. The number of hydrogen-bond donors (Lipinski definition) is 1. The first kappa shape index (κ1) is 16.7. The molecular formula is C17H26N2O3. The van der Waals surface area contributed by atoms with Crippen molar-refractivity contribution < 1.29 is 14.3 Å². The average molecular weight is 306 g/mol. The standard InChI is InChI=1S/C17H26N2O3/c1-5-12-10-15(20)19(11-12)14-9-7-6-8-13(14)18-16(21)22-17(2,3)4/h1,12-14H,6-11H2,2-4H3,(H,18,21). The fraction of sp³-hybridized carbons (Fsp3) is 0.765. The van der Waals surface area contributed by atoms with Crippen LogP contribution in [0.15, 0.2) is 0 Å². The molecule has 2 aliphatic rings. The zero-order valence-corrected chi connectivity index (χ0v) is 13.7. The van der Waals surface area contributed by atoms with Crippen LogP contribution in [0.4, 0.5) is 4.79 Å². The number of rotatable bonds is 2. The van der Waals surface area contributed by atoms with Crippen molar-refractivity contribution in [3.05, 3.63) is 0 Å². The SMILES string of the molecule is C#CC1CC(=O)N(C2CCCCC2NC(=O)OC(C)(C)C)C1. The third-order valence-electron chi connectivity index (χ3n) is 4.23. The lowest BCUT2D eigenvalue weighted by atomic mass is 9.89. The van der Waals surface area contributed by atoms with Gasteiger partial charge in [-0.25, -0.2) is 4.79 Å². The van der Waals surface area contributed by atoms with E-state index in [-0.39, 0.29) is 23.9 Å². The summed E-state index contributed by atoms with van der Waals surface area (Å²) in [6, 6.07) is -0.0174. The van der Waals surface area contributed by atoms with E-state index in [9.17, 15) is 9.59 Å². The topological polar surface area (TPSA) is 58.6 Å². The van der Waals surface area contributed by atoms with Crippen LogP contribution in [0, 0.1) is 18.3 Å². The molecule has 0 aromatic carbocycles. The van der Waals surface area contributed by atoms with Gasteiger partial charge in [-0.3, -0.25) is 4.79 Å². The van der Waals surface area contributed by atoms with Gasteiger partial charge < -0.3 is 15.0 Å². The molecule has 3 atom stereocenters. The summed E-state index contributed by atoms with van der Waals surface area (Å²) in [6.07, 6.45) is 9.36. The highest BCUT2D eigenvalue weighted by molar-refractivity contribution is 5.80. The largest absolute Gasteiger partial charge is 0.444 e. The van der Waals surface area contributed by atoms with Crippen molar-refractivity contribution in [2.24, 2.45) is 5.92 Å². The maximum absolute atomic E-state index is 12.2. The Kier molecular flexibility index (Phi) is 5.00. The lowest BCUT2D eigenvalue weighted by Crippen LogP contribution is -2.54. The summed E-state index contributed by atoms with van der Waals surface area (Å²) in [6.45, 7) is 6.12. The molecule has 1 aliphatic carbocycles. The van der Waals surface area contributed by atoms with Gasteiger partial charge in [0.05, 0.1) is 12.1 Å². The van der Waals surface area contributed by atoms with Crippen molar-refractivity contribution in [1.29, 1.82) is 0 Å². The molecule has 2 rings (SSSR count). The summed E-state index contributed by atoms with van der Waals surface area (Å²) >= 11 is 0. The second-order valence-electron chi connectivity index (χ2n) is 7.22. The number of nitrogens with one attached hydrogen (secondary N) is 1. The molecule has 1 aliphatic heterocycles. The van der Waals surface area contributed by atoms with Crippen LogP contribution < -0.4 is 5.32 Å². The molecule has 2 fully saturated rings. The van der Waals surface area contributed by atoms with Crippen LogP contribution in [-0.4, -0.2) is 41.1 Å². The fourth-order valence-electron chi connectivity index (χ4n) is 3.28. The van der Waals surface area contributed by atoms with Crippen LogP contribution in [0.1, 0.15) is 52.9 Å². The number of likely N-dealkylation sites (tertiary alicyclic amines) is 1. The summed E-state index contributed by atoms with van der Waals surface area (Å²) in [5, 5.41) is 2.95. The van der Waals surface area contributed by atoms with Crippen molar-refractivity contribution in [3.63, 3.8) is 0 Å². The van der Waals surface area contributed by atoms with Crippen molar-refractivity contribution in [3.8, 4) is 12.3 Å². The first-order valence-electron chi connectivity index (χ1n) is 8.05. The third-order valence-corrected chi connectivity index (χ3v) is 4.23. The van der Waals surface area contributed by atoms with Gasteiger partial charge in [0.1, 0.15) is 5.60 Å². The molecule has 0 spiro atoms. The number of carbonyl (C=O) groups excluding carboxylic acids is 2. The maximum atomic E-state index is 12.2. The first-order chi connectivity index (χ1) is 10.3. The lowest BCUT2D eigenvalue weighted by molar-refractivity contribution is -0.130. The Morgan fingerprint density at radius 2 is 2.05 bits per heavy atom. The Bertz CT molecular complexity index is 475. The van der Waals surface area contributed by atoms with Gasteiger partial charge in [-0.1, -0.05) is 12.8 Å². The molecule has 5 heteroatoms. The Hall–Kier alpha value is -1.70. The molecule has 0 aromatic rings. The third kappa shape index (κ3) is 4.16. The molecule has 0 aromatic heterocycles. The van der Waals surface area contributed by atoms with E-state index >= 15 is 0 Å². The smallest absolute Gasteiger partial charge is 0.407 e.